The first kappa shape index (κ1) is 10.8. The topological polar surface area (TPSA) is 43.4 Å². The molecule has 96 valence electrons. The van der Waals surface area contributed by atoms with E-state index < -0.39 is 0 Å². The molecule has 6 aliphatic rings. The Balaban J connectivity index is 1.91. The Morgan fingerprint density at radius 2 is 2.06 bits per heavy atom. The van der Waals surface area contributed by atoms with E-state index in [1.165, 1.54) is 0 Å². The first-order chi connectivity index (χ1) is 8.42. The number of allylic oxidation sites excluding steroid dienone is 2. The molecule has 3 saturated carbocycles. The molecule has 1 saturated heterocycles. The molecule has 1 spiro atoms. The van der Waals surface area contributed by atoms with E-state index in [1.54, 1.807) is 0 Å². The number of fused-ring (bicyclic) bond motifs is 3. The average molecular weight is 246 g/mol. The van der Waals surface area contributed by atoms with Gasteiger partial charge in [-0.3, -0.25) is 9.59 Å². The van der Waals surface area contributed by atoms with Crippen LogP contribution in [0.15, 0.2) is 11.6 Å². The van der Waals surface area contributed by atoms with Crippen LogP contribution < -0.4 is 0 Å². The molecule has 0 unspecified atom stereocenters. The van der Waals surface area contributed by atoms with E-state index in [0.29, 0.717) is 0 Å². The molecule has 0 aromatic heterocycles. The molecule has 3 nitrogen and oxygen atoms in total. The number of carbonyl (C=O) groups is 2. The van der Waals surface area contributed by atoms with Crippen molar-refractivity contribution >= 4 is 11.8 Å². The second kappa shape index (κ2) is 2.73. The van der Waals surface area contributed by atoms with Crippen LogP contribution in [0, 0.1) is 28.6 Å². The molecular weight excluding hydrogens is 228 g/mol. The van der Waals surface area contributed by atoms with E-state index in [-0.39, 0.29) is 46.4 Å². The molecule has 5 bridgehead atoms. The van der Waals surface area contributed by atoms with Gasteiger partial charge < -0.3 is 4.74 Å². The fourth-order valence-corrected chi connectivity index (χ4v) is 5.50. The first-order valence-corrected chi connectivity index (χ1v) is 6.84. The highest BCUT2D eigenvalue weighted by Gasteiger charge is 2.86. The highest BCUT2D eigenvalue weighted by molar-refractivity contribution is 6.01. The van der Waals surface area contributed by atoms with Gasteiger partial charge >= 0.3 is 5.97 Å². The molecule has 4 fully saturated rings. The largest absolute Gasteiger partial charge is 0.461 e. The smallest absolute Gasteiger partial charge is 0.313 e. The fraction of sp³-hybridized carbons (Fsp3) is 0.733. The van der Waals surface area contributed by atoms with Gasteiger partial charge in [-0.2, -0.15) is 0 Å². The minimum Gasteiger partial charge on any atom is -0.461 e. The standard InChI is InChI=1S/C15H18O3/c1-7-5-4-6-15-9-8(10(7)16)11(15)14(2,3)12(9)18-13(15)17/h5,8-9,11-12H,4,6H2,1-3H3/b7-5-/t8-,9-,11+,12-,15+/m0/s1. The zero-order valence-electron chi connectivity index (χ0n) is 11.0. The summed E-state index contributed by atoms with van der Waals surface area (Å²) in [5.74, 6) is 0.625. The van der Waals surface area contributed by atoms with Gasteiger partial charge in [-0.25, -0.2) is 0 Å². The lowest BCUT2D eigenvalue weighted by atomic mass is 9.46. The Hall–Kier alpha value is -1.12. The van der Waals surface area contributed by atoms with Gasteiger partial charge in [0.05, 0.1) is 5.41 Å². The van der Waals surface area contributed by atoms with Gasteiger partial charge in [-0.1, -0.05) is 19.9 Å². The molecule has 0 amide bonds. The van der Waals surface area contributed by atoms with Crippen LogP contribution >= 0.6 is 0 Å². The SMILES string of the molecule is C/C1=C/CC[C@@]23C(=O)O[C@H]4[C@@H]2[C@@H](C1=O)[C@@H]3C4(C)C. The Labute approximate surface area is 107 Å². The van der Waals surface area contributed by atoms with Crippen LogP contribution in [0.5, 0.6) is 0 Å². The molecule has 5 aliphatic carbocycles. The average Bonchev–Trinajstić information content (AvgIpc) is 2.69. The molecular formula is C15H18O3. The first-order valence-electron chi connectivity index (χ1n) is 6.84. The van der Waals surface area contributed by atoms with Crippen molar-refractivity contribution in [3.8, 4) is 0 Å². The second-order valence-electron chi connectivity index (χ2n) is 7.01. The minimum absolute atomic E-state index is 0.0289. The fourth-order valence-electron chi connectivity index (χ4n) is 5.50. The number of rotatable bonds is 0. The summed E-state index contributed by atoms with van der Waals surface area (Å²) < 4.78 is 5.61. The highest BCUT2D eigenvalue weighted by atomic mass is 16.6. The quantitative estimate of drug-likeness (QED) is 0.615. The van der Waals surface area contributed by atoms with Crippen LogP contribution in [0.25, 0.3) is 0 Å². The van der Waals surface area contributed by atoms with Crippen molar-refractivity contribution in [2.75, 3.05) is 0 Å². The van der Waals surface area contributed by atoms with Crippen molar-refractivity contribution < 1.29 is 14.3 Å². The highest BCUT2D eigenvalue weighted by Crippen LogP contribution is 2.79. The molecule has 6 rings (SSSR count). The summed E-state index contributed by atoms with van der Waals surface area (Å²) in [7, 11) is 0. The normalized spacial score (nSPS) is 54.1. The van der Waals surface area contributed by atoms with Crippen LogP contribution in [-0.4, -0.2) is 17.9 Å². The lowest BCUT2D eigenvalue weighted by Gasteiger charge is -2.53. The monoisotopic (exact) mass is 246 g/mol. The maximum absolute atomic E-state index is 12.5. The third kappa shape index (κ3) is 0.799. The summed E-state index contributed by atoms with van der Waals surface area (Å²) in [6.07, 6.45) is 3.66. The van der Waals surface area contributed by atoms with Gasteiger partial charge in [-0.15, -0.1) is 0 Å². The third-order valence-electron chi connectivity index (χ3n) is 6.07. The van der Waals surface area contributed by atoms with E-state index in [4.69, 9.17) is 4.74 Å². The van der Waals surface area contributed by atoms with Gasteiger partial charge in [-0.05, 0) is 31.3 Å². The molecule has 1 aliphatic heterocycles. The Kier molecular flexibility index (Phi) is 1.63. The molecule has 0 N–H and O–H groups in total. The second-order valence-corrected chi connectivity index (χ2v) is 7.01. The number of Topliss-reactive ketones (excluding diaryl/α,β-unsaturated/α-hetero) is 1. The lowest BCUT2D eigenvalue weighted by molar-refractivity contribution is -0.180. The van der Waals surface area contributed by atoms with Crippen molar-refractivity contribution in [1.82, 2.24) is 0 Å². The summed E-state index contributed by atoms with van der Waals surface area (Å²) in [4.78, 5) is 24.7. The Morgan fingerprint density at radius 1 is 1.33 bits per heavy atom. The van der Waals surface area contributed by atoms with Gasteiger partial charge in [0.2, 0.25) is 0 Å². The number of esters is 1. The summed E-state index contributed by atoms with van der Waals surface area (Å²) >= 11 is 0. The van der Waals surface area contributed by atoms with Gasteiger partial charge in [0.15, 0.2) is 5.78 Å². The molecule has 0 radical (unpaired) electrons. The van der Waals surface area contributed by atoms with Crippen LogP contribution in [0.3, 0.4) is 0 Å². The van der Waals surface area contributed by atoms with Crippen molar-refractivity contribution in [3.05, 3.63) is 11.6 Å². The number of hydrogen-bond acceptors (Lipinski definition) is 3. The van der Waals surface area contributed by atoms with E-state index >= 15 is 0 Å². The lowest BCUT2D eigenvalue weighted by Crippen LogP contribution is -2.59. The molecule has 1 heterocycles. The van der Waals surface area contributed by atoms with Crippen molar-refractivity contribution in [2.45, 2.75) is 39.7 Å². The molecule has 3 heteroatoms. The van der Waals surface area contributed by atoms with E-state index in [0.717, 1.165) is 18.4 Å². The molecule has 18 heavy (non-hydrogen) atoms. The molecule has 5 atom stereocenters. The molecule has 0 aromatic carbocycles. The van der Waals surface area contributed by atoms with Crippen LogP contribution in [-0.2, 0) is 14.3 Å². The molecule has 0 aromatic rings. The van der Waals surface area contributed by atoms with Gasteiger partial charge in [0.25, 0.3) is 0 Å². The third-order valence-corrected chi connectivity index (χ3v) is 6.07. The number of ether oxygens (including phenoxy) is 1. The van der Waals surface area contributed by atoms with E-state index in [2.05, 4.69) is 13.8 Å². The summed E-state index contributed by atoms with van der Waals surface area (Å²) in [5, 5.41) is 0. The van der Waals surface area contributed by atoms with Crippen molar-refractivity contribution in [3.63, 3.8) is 0 Å². The van der Waals surface area contributed by atoms with Crippen molar-refractivity contribution in [1.29, 1.82) is 0 Å². The van der Waals surface area contributed by atoms with Crippen LogP contribution in [0.1, 0.15) is 33.6 Å². The number of carbonyl (C=O) groups excluding carboxylic acids is 2. The van der Waals surface area contributed by atoms with E-state index in [9.17, 15) is 9.59 Å². The Bertz CT molecular complexity index is 516. The van der Waals surface area contributed by atoms with E-state index in [1.807, 2.05) is 13.0 Å². The predicted octanol–water partition coefficient (Wildman–Crippen LogP) is 2.11. The summed E-state index contributed by atoms with van der Waals surface area (Å²) in [6, 6.07) is 0. The number of ketones is 1. The predicted molar refractivity (Wildman–Crippen MR) is 64.6 cm³/mol. The van der Waals surface area contributed by atoms with Crippen molar-refractivity contribution in [2.24, 2.45) is 28.6 Å². The summed E-state index contributed by atoms with van der Waals surface area (Å²) in [5.41, 5.74) is 0.525. The van der Waals surface area contributed by atoms with Gasteiger partial charge in [0.1, 0.15) is 6.10 Å². The zero-order valence-corrected chi connectivity index (χ0v) is 11.0. The maximum atomic E-state index is 12.5. The number of hydrogen-bond donors (Lipinski definition) is 0. The maximum Gasteiger partial charge on any atom is 0.313 e. The Morgan fingerprint density at radius 3 is 2.72 bits per heavy atom. The van der Waals surface area contributed by atoms with Crippen LogP contribution in [0.4, 0.5) is 0 Å². The van der Waals surface area contributed by atoms with Crippen LogP contribution in [0.2, 0.25) is 0 Å². The minimum atomic E-state index is -0.328. The summed E-state index contributed by atoms with van der Waals surface area (Å²) in [6.45, 7) is 6.24. The zero-order chi connectivity index (χ0) is 12.9. The van der Waals surface area contributed by atoms with Gasteiger partial charge in [0, 0.05) is 17.3 Å².